The van der Waals surface area contributed by atoms with E-state index >= 15 is 0 Å². The molecule has 4 heterocycles. The number of aromatic nitrogens is 6. The number of rotatable bonds is 7. The number of fused-ring (bicyclic) bond motifs is 1. The van der Waals surface area contributed by atoms with Crippen molar-refractivity contribution < 1.29 is 9.53 Å². The van der Waals surface area contributed by atoms with E-state index in [2.05, 4.69) is 31.2 Å². The molecule has 188 valence electrons. The topological polar surface area (TPSA) is 90.4 Å². The number of hydrogen-bond acceptors (Lipinski definition) is 6. The molecule has 0 radical (unpaired) electrons. The van der Waals surface area contributed by atoms with Crippen LogP contribution in [0.25, 0.3) is 16.9 Å². The van der Waals surface area contributed by atoms with E-state index in [0.29, 0.717) is 19.0 Å². The number of hydrogen-bond donors (Lipinski definition) is 0. The van der Waals surface area contributed by atoms with E-state index in [1.165, 1.54) is 19.3 Å². The number of halogens is 1. The summed E-state index contributed by atoms with van der Waals surface area (Å²) in [6.07, 6.45) is 12.7. The minimum atomic E-state index is -0.521. The van der Waals surface area contributed by atoms with Crippen molar-refractivity contribution in [1.29, 1.82) is 0 Å². The molecule has 0 unspecified atom stereocenters. The van der Waals surface area contributed by atoms with Crippen molar-refractivity contribution in [2.75, 3.05) is 6.54 Å². The van der Waals surface area contributed by atoms with Crippen LogP contribution in [-0.2, 0) is 17.8 Å². The lowest BCUT2D eigenvalue weighted by Gasteiger charge is -2.33. The van der Waals surface area contributed by atoms with Crippen molar-refractivity contribution in [2.45, 2.75) is 58.7 Å². The summed E-state index contributed by atoms with van der Waals surface area (Å²) >= 11 is 3.44. The molecule has 5 rings (SSSR count). The van der Waals surface area contributed by atoms with Crippen LogP contribution in [-0.4, -0.2) is 52.5 Å². The molecule has 4 aromatic rings. The van der Waals surface area contributed by atoms with Gasteiger partial charge in [-0.2, -0.15) is 0 Å². The summed E-state index contributed by atoms with van der Waals surface area (Å²) in [5.41, 5.74) is 3.87. The fourth-order valence-electron chi connectivity index (χ4n) is 4.22. The number of imidazole rings is 1. The fourth-order valence-corrected chi connectivity index (χ4v) is 4.59. The predicted octanol–water partition coefficient (Wildman–Crippen LogP) is 5.34. The highest BCUT2D eigenvalue weighted by atomic mass is 79.9. The van der Waals surface area contributed by atoms with Crippen molar-refractivity contribution in [2.24, 2.45) is 5.92 Å². The lowest BCUT2D eigenvalue weighted by atomic mass is 9.85. The van der Waals surface area contributed by atoms with Gasteiger partial charge in [-0.25, -0.2) is 14.5 Å². The van der Waals surface area contributed by atoms with Crippen LogP contribution in [0.1, 0.15) is 51.3 Å². The van der Waals surface area contributed by atoms with Gasteiger partial charge in [0.05, 0.1) is 25.0 Å². The van der Waals surface area contributed by atoms with Crippen molar-refractivity contribution in [1.82, 2.24) is 34.3 Å². The Morgan fingerprint density at radius 1 is 1.19 bits per heavy atom. The molecule has 0 aromatic carbocycles. The standard InChI is InChI=1S/C26H30BrN7O2/c1-26(2,3)36-25(35)33(12-18-5-4-6-18)14-19-7-8-24-29-22(15-32(24)13-19)16-34-17-23(30-31-34)20-9-21(27)11-28-10-20/h7-11,13,15,17-18H,4-6,12,14,16H2,1-3H3. The normalized spacial score (nSPS) is 14.1. The maximum Gasteiger partial charge on any atom is 0.410 e. The predicted molar refractivity (Wildman–Crippen MR) is 139 cm³/mol. The molecule has 0 saturated heterocycles. The van der Waals surface area contributed by atoms with Crippen LogP contribution in [0.15, 0.2) is 53.7 Å². The highest BCUT2D eigenvalue weighted by Crippen LogP contribution is 2.28. The van der Waals surface area contributed by atoms with Gasteiger partial charge >= 0.3 is 6.09 Å². The summed E-state index contributed by atoms with van der Waals surface area (Å²) in [7, 11) is 0. The molecule has 0 bridgehead atoms. The van der Waals surface area contributed by atoms with E-state index in [9.17, 15) is 4.79 Å². The number of carbonyl (C=O) groups excluding carboxylic acids is 1. The van der Waals surface area contributed by atoms with E-state index in [1.54, 1.807) is 17.1 Å². The summed E-state index contributed by atoms with van der Waals surface area (Å²) in [5.74, 6) is 0.557. The Bertz CT molecular complexity index is 1370. The van der Waals surface area contributed by atoms with Gasteiger partial charge in [0.1, 0.15) is 16.9 Å². The van der Waals surface area contributed by atoms with Crippen LogP contribution in [0, 0.1) is 5.92 Å². The number of pyridine rings is 2. The first-order valence-electron chi connectivity index (χ1n) is 12.2. The van der Waals surface area contributed by atoms with E-state index in [4.69, 9.17) is 9.72 Å². The third kappa shape index (κ3) is 5.92. The second kappa shape index (κ2) is 10.0. The highest BCUT2D eigenvalue weighted by Gasteiger charge is 2.27. The number of nitrogens with zero attached hydrogens (tertiary/aromatic N) is 7. The average Bonchev–Trinajstić information content (AvgIpc) is 3.40. The molecule has 1 aliphatic rings. The van der Waals surface area contributed by atoms with Gasteiger partial charge in [-0.05, 0) is 73.2 Å². The molecule has 1 aliphatic carbocycles. The van der Waals surface area contributed by atoms with Gasteiger partial charge in [0.2, 0.25) is 0 Å². The Kier molecular flexibility index (Phi) is 6.79. The van der Waals surface area contributed by atoms with Crippen molar-refractivity contribution >= 4 is 27.7 Å². The Labute approximate surface area is 218 Å². The van der Waals surface area contributed by atoms with Gasteiger partial charge in [0.15, 0.2) is 0 Å². The molecule has 0 atom stereocenters. The molecule has 1 amide bonds. The molecule has 36 heavy (non-hydrogen) atoms. The van der Waals surface area contributed by atoms with Gasteiger partial charge in [-0.15, -0.1) is 5.10 Å². The van der Waals surface area contributed by atoms with Crippen molar-refractivity contribution in [3.8, 4) is 11.3 Å². The average molecular weight is 552 g/mol. The summed E-state index contributed by atoms with van der Waals surface area (Å²) in [6.45, 7) is 7.43. The van der Waals surface area contributed by atoms with Gasteiger partial charge in [-0.1, -0.05) is 17.7 Å². The minimum Gasteiger partial charge on any atom is -0.444 e. The quantitative estimate of drug-likeness (QED) is 0.308. The first-order chi connectivity index (χ1) is 17.2. The van der Waals surface area contributed by atoms with Crippen LogP contribution in [0.3, 0.4) is 0 Å². The Morgan fingerprint density at radius 3 is 2.75 bits per heavy atom. The van der Waals surface area contributed by atoms with Gasteiger partial charge < -0.3 is 14.0 Å². The summed E-state index contributed by atoms with van der Waals surface area (Å²) < 4.78 is 10.3. The van der Waals surface area contributed by atoms with Gasteiger partial charge in [-0.3, -0.25) is 4.98 Å². The van der Waals surface area contributed by atoms with Gasteiger partial charge in [0, 0.05) is 41.4 Å². The molecule has 1 fully saturated rings. The third-order valence-electron chi connectivity index (χ3n) is 6.15. The van der Waals surface area contributed by atoms with E-state index in [-0.39, 0.29) is 6.09 Å². The maximum absolute atomic E-state index is 12.9. The van der Waals surface area contributed by atoms with Crippen LogP contribution < -0.4 is 0 Å². The van der Waals surface area contributed by atoms with E-state index < -0.39 is 5.60 Å². The van der Waals surface area contributed by atoms with Crippen LogP contribution in [0.5, 0.6) is 0 Å². The Morgan fingerprint density at radius 2 is 2.03 bits per heavy atom. The molecular weight excluding hydrogens is 522 g/mol. The van der Waals surface area contributed by atoms with Crippen LogP contribution >= 0.6 is 15.9 Å². The van der Waals surface area contributed by atoms with Crippen LogP contribution in [0.4, 0.5) is 4.79 Å². The minimum absolute atomic E-state index is 0.261. The lowest BCUT2D eigenvalue weighted by Crippen LogP contribution is -2.40. The zero-order valence-corrected chi connectivity index (χ0v) is 22.3. The number of amides is 1. The highest BCUT2D eigenvalue weighted by molar-refractivity contribution is 9.10. The summed E-state index contributed by atoms with van der Waals surface area (Å²) in [5, 5.41) is 8.52. The smallest absolute Gasteiger partial charge is 0.410 e. The maximum atomic E-state index is 12.9. The molecule has 0 N–H and O–H groups in total. The van der Waals surface area contributed by atoms with Gasteiger partial charge in [0.25, 0.3) is 0 Å². The second-order valence-electron chi connectivity index (χ2n) is 10.4. The molecule has 4 aromatic heterocycles. The molecular formula is C26H30BrN7O2. The third-order valence-corrected chi connectivity index (χ3v) is 6.59. The SMILES string of the molecule is CC(C)(C)OC(=O)N(Cc1ccc2nc(Cn3cc(-c4cncc(Br)c4)nn3)cn2c1)CC1CCC1. The van der Waals surface area contributed by atoms with E-state index in [1.807, 2.05) is 66.9 Å². The fraction of sp³-hybridized carbons (Fsp3) is 0.423. The molecule has 0 aliphatic heterocycles. The van der Waals surface area contributed by atoms with Crippen molar-refractivity contribution in [3.05, 3.63) is 64.9 Å². The van der Waals surface area contributed by atoms with Crippen LogP contribution in [0.2, 0.25) is 0 Å². The first-order valence-corrected chi connectivity index (χ1v) is 13.0. The monoisotopic (exact) mass is 551 g/mol. The molecule has 0 spiro atoms. The molecule has 10 heteroatoms. The summed E-state index contributed by atoms with van der Waals surface area (Å²) in [6, 6.07) is 5.97. The number of ether oxygens (including phenoxy) is 1. The molecule has 9 nitrogen and oxygen atoms in total. The second-order valence-corrected chi connectivity index (χ2v) is 11.3. The zero-order chi connectivity index (χ0) is 25.3. The first kappa shape index (κ1) is 24.4. The Hall–Kier alpha value is -3.27. The zero-order valence-electron chi connectivity index (χ0n) is 20.8. The Balaban J connectivity index is 1.30. The lowest BCUT2D eigenvalue weighted by molar-refractivity contribution is 0.0173. The summed E-state index contributed by atoms with van der Waals surface area (Å²) in [4.78, 5) is 23.6. The molecule has 1 saturated carbocycles. The number of carbonyl (C=O) groups is 1. The van der Waals surface area contributed by atoms with Crippen molar-refractivity contribution in [3.63, 3.8) is 0 Å². The van der Waals surface area contributed by atoms with E-state index in [0.717, 1.165) is 39.2 Å². The largest absolute Gasteiger partial charge is 0.444 e.